The lowest BCUT2D eigenvalue weighted by atomic mass is 10.1. The fourth-order valence-electron chi connectivity index (χ4n) is 3.16. The number of benzene rings is 2. The Bertz CT molecular complexity index is 1330. The van der Waals surface area contributed by atoms with E-state index in [4.69, 9.17) is 0 Å². The van der Waals surface area contributed by atoms with Crippen LogP contribution in [0.2, 0.25) is 0 Å². The Morgan fingerprint density at radius 1 is 1.15 bits per heavy atom. The van der Waals surface area contributed by atoms with Crippen molar-refractivity contribution in [3.05, 3.63) is 81.7 Å². The number of hydrogen-bond donors (Lipinski definition) is 2. The van der Waals surface area contributed by atoms with Gasteiger partial charge in [-0.05, 0) is 36.8 Å². The number of nitrogens with one attached hydrogen (secondary N) is 2. The molecule has 0 saturated carbocycles. The Balaban J connectivity index is 1.41. The Kier molecular flexibility index (Phi) is 6.57. The highest BCUT2D eigenvalue weighted by Gasteiger charge is 2.30. The second-order valence-corrected chi connectivity index (χ2v) is 9.41. The Morgan fingerprint density at radius 3 is 2.52 bits per heavy atom. The third-order valence-electron chi connectivity index (χ3n) is 4.90. The molecule has 4 aromatic rings. The molecule has 0 spiro atoms. The third kappa shape index (κ3) is 5.28. The summed E-state index contributed by atoms with van der Waals surface area (Å²) in [5, 5.41) is 4.52. The van der Waals surface area contributed by atoms with Crippen molar-refractivity contribution in [3.8, 4) is 11.1 Å². The smallest absolute Gasteiger partial charge is 0.325 e. The highest BCUT2D eigenvalue weighted by Crippen LogP contribution is 2.31. The first kappa shape index (κ1) is 23.1. The highest BCUT2D eigenvalue weighted by atomic mass is 32.2. The summed E-state index contributed by atoms with van der Waals surface area (Å²) in [6, 6.07) is 13.8. The summed E-state index contributed by atoms with van der Waals surface area (Å²) in [6.45, 7) is 1.68. The first-order valence-corrected chi connectivity index (χ1v) is 11.8. The average molecular weight is 490 g/mol. The van der Waals surface area contributed by atoms with E-state index in [1.165, 1.54) is 35.2 Å². The van der Waals surface area contributed by atoms with Gasteiger partial charge in [0.1, 0.15) is 10.7 Å². The lowest BCUT2D eigenvalue weighted by molar-refractivity contribution is -0.137. The van der Waals surface area contributed by atoms with E-state index in [1.807, 2.05) is 35.7 Å². The molecule has 2 heterocycles. The second-order valence-electron chi connectivity index (χ2n) is 7.23. The maximum Gasteiger partial charge on any atom is 0.416 e. The number of halogens is 3. The molecule has 33 heavy (non-hydrogen) atoms. The van der Waals surface area contributed by atoms with Gasteiger partial charge in [0.2, 0.25) is 5.91 Å². The van der Waals surface area contributed by atoms with Gasteiger partial charge >= 0.3 is 6.18 Å². The minimum absolute atomic E-state index is 0.238. The van der Waals surface area contributed by atoms with Gasteiger partial charge in [0, 0.05) is 16.6 Å². The van der Waals surface area contributed by atoms with E-state index in [0.29, 0.717) is 21.8 Å². The van der Waals surface area contributed by atoms with Gasteiger partial charge in [-0.15, -0.1) is 23.1 Å². The zero-order valence-electron chi connectivity index (χ0n) is 17.3. The van der Waals surface area contributed by atoms with Gasteiger partial charge in [0.05, 0.1) is 22.0 Å². The van der Waals surface area contributed by atoms with Gasteiger partial charge in [0.15, 0.2) is 0 Å². The molecular formula is C23H18F3N3O2S2. The number of thiophene rings is 1. The topological polar surface area (TPSA) is 74.8 Å². The number of H-pyrrole nitrogens is 1. The summed E-state index contributed by atoms with van der Waals surface area (Å²) in [7, 11) is 0. The number of hydrogen-bond acceptors (Lipinski definition) is 5. The number of nitrogens with zero attached hydrogens (tertiary/aromatic N) is 1. The molecule has 5 nitrogen and oxygen atoms in total. The van der Waals surface area contributed by atoms with E-state index in [9.17, 15) is 22.8 Å². The molecule has 2 N–H and O–H groups in total. The summed E-state index contributed by atoms with van der Waals surface area (Å²) < 4.78 is 38.0. The van der Waals surface area contributed by atoms with Crippen LogP contribution in [0.5, 0.6) is 0 Å². The van der Waals surface area contributed by atoms with Crippen LogP contribution >= 0.6 is 23.1 Å². The number of thioether (sulfide) groups is 1. The predicted molar refractivity (Wildman–Crippen MR) is 127 cm³/mol. The molecule has 0 radical (unpaired) electrons. The zero-order valence-corrected chi connectivity index (χ0v) is 18.9. The van der Waals surface area contributed by atoms with E-state index >= 15 is 0 Å². The molecule has 0 aliphatic carbocycles. The molecule has 4 rings (SSSR count). The molecule has 1 atom stereocenters. The number of carbonyl (C=O) groups is 1. The van der Waals surface area contributed by atoms with Gasteiger partial charge < -0.3 is 10.3 Å². The van der Waals surface area contributed by atoms with Crippen molar-refractivity contribution in [1.29, 1.82) is 0 Å². The number of carbonyl (C=O) groups excluding carboxylic acids is 1. The van der Waals surface area contributed by atoms with E-state index < -0.39 is 17.0 Å². The molecular weight excluding hydrogens is 471 g/mol. The molecule has 170 valence electrons. The number of rotatable bonds is 6. The largest absolute Gasteiger partial charge is 0.416 e. The van der Waals surface area contributed by atoms with Gasteiger partial charge in [-0.2, -0.15) is 13.2 Å². The van der Waals surface area contributed by atoms with Crippen LogP contribution in [-0.4, -0.2) is 21.1 Å². The van der Waals surface area contributed by atoms with Gasteiger partial charge in [-0.1, -0.05) is 30.3 Å². The lowest BCUT2D eigenvalue weighted by Gasteiger charge is -2.13. The van der Waals surface area contributed by atoms with Crippen LogP contribution in [0.1, 0.15) is 18.3 Å². The molecule has 0 fully saturated rings. The molecule has 2 aromatic heterocycles. The molecule has 0 saturated heterocycles. The summed E-state index contributed by atoms with van der Waals surface area (Å²) in [5.74, 6) is 0.393. The maximum absolute atomic E-state index is 12.7. The summed E-state index contributed by atoms with van der Waals surface area (Å²) in [6.07, 6.45) is -4.43. The maximum atomic E-state index is 12.7. The van der Waals surface area contributed by atoms with Crippen molar-refractivity contribution in [1.82, 2.24) is 9.97 Å². The van der Waals surface area contributed by atoms with Crippen LogP contribution in [0.25, 0.3) is 21.3 Å². The van der Waals surface area contributed by atoms with Crippen molar-refractivity contribution in [2.75, 3.05) is 5.32 Å². The van der Waals surface area contributed by atoms with Gasteiger partial charge in [-0.25, -0.2) is 4.98 Å². The fourth-order valence-corrected chi connectivity index (χ4v) is 4.88. The van der Waals surface area contributed by atoms with E-state index in [-0.39, 0.29) is 17.2 Å². The molecule has 2 aromatic carbocycles. The molecule has 10 heteroatoms. The Labute approximate surface area is 195 Å². The molecule has 1 unspecified atom stereocenters. The molecule has 1 amide bonds. The summed E-state index contributed by atoms with van der Waals surface area (Å²) >= 11 is 2.65. The number of alkyl halides is 3. The summed E-state index contributed by atoms with van der Waals surface area (Å²) in [5.41, 5.74) is 1.02. The van der Waals surface area contributed by atoms with Crippen molar-refractivity contribution in [2.45, 2.75) is 24.1 Å². The van der Waals surface area contributed by atoms with Crippen molar-refractivity contribution < 1.29 is 18.0 Å². The second kappa shape index (κ2) is 9.40. The van der Waals surface area contributed by atoms with Gasteiger partial charge in [0.25, 0.3) is 5.56 Å². The molecule has 0 aliphatic rings. The number of aromatic amines is 1. The van der Waals surface area contributed by atoms with Crippen molar-refractivity contribution in [3.63, 3.8) is 0 Å². The first-order valence-electron chi connectivity index (χ1n) is 9.88. The van der Waals surface area contributed by atoms with Gasteiger partial charge in [-0.3, -0.25) is 9.59 Å². The highest BCUT2D eigenvalue weighted by molar-refractivity contribution is 7.99. The van der Waals surface area contributed by atoms with E-state index in [0.717, 1.165) is 23.3 Å². The standard InChI is InChI=1S/C23H18F3N3O2S2/c1-13(20(30)27-16-9-7-15(8-10-16)23(24,25)26)32-12-18-28-21(31)19-17(11-33-22(19)29-18)14-5-3-2-4-6-14/h2-11,13H,12H2,1H3,(H,27,30)(H,28,29,31). The van der Waals surface area contributed by atoms with Crippen molar-refractivity contribution >= 4 is 44.9 Å². The average Bonchev–Trinajstić information content (AvgIpc) is 3.22. The number of anilines is 1. The van der Waals surface area contributed by atoms with E-state index in [1.54, 1.807) is 6.92 Å². The van der Waals surface area contributed by atoms with Crippen LogP contribution in [0.3, 0.4) is 0 Å². The zero-order chi connectivity index (χ0) is 23.6. The van der Waals surface area contributed by atoms with Crippen LogP contribution in [-0.2, 0) is 16.7 Å². The normalized spacial score (nSPS) is 12.6. The molecule has 0 aliphatic heterocycles. The third-order valence-corrected chi connectivity index (χ3v) is 6.92. The monoisotopic (exact) mass is 489 g/mol. The minimum atomic E-state index is -4.43. The number of aromatic nitrogens is 2. The number of amides is 1. The Hall–Kier alpha value is -3.11. The van der Waals surface area contributed by atoms with Crippen LogP contribution in [0, 0.1) is 0 Å². The lowest BCUT2D eigenvalue weighted by Crippen LogP contribution is -2.23. The van der Waals surface area contributed by atoms with Crippen LogP contribution in [0.4, 0.5) is 18.9 Å². The van der Waals surface area contributed by atoms with Crippen LogP contribution in [0.15, 0.2) is 64.8 Å². The predicted octanol–water partition coefficient (Wildman–Crippen LogP) is 5.93. The van der Waals surface area contributed by atoms with Crippen LogP contribution < -0.4 is 10.9 Å². The van der Waals surface area contributed by atoms with Crippen molar-refractivity contribution in [2.24, 2.45) is 0 Å². The molecule has 0 bridgehead atoms. The first-order chi connectivity index (χ1) is 15.7. The quantitative estimate of drug-likeness (QED) is 0.352. The minimum Gasteiger partial charge on any atom is -0.325 e. The number of fused-ring (bicyclic) bond motifs is 1. The van der Waals surface area contributed by atoms with E-state index in [2.05, 4.69) is 15.3 Å². The SMILES string of the molecule is CC(SCc1nc2scc(-c3ccccc3)c2c(=O)[nH]1)C(=O)Nc1ccc(C(F)(F)F)cc1. The summed E-state index contributed by atoms with van der Waals surface area (Å²) in [4.78, 5) is 33.1. The Morgan fingerprint density at radius 2 is 1.85 bits per heavy atom. The fraction of sp³-hybridized carbons (Fsp3) is 0.174.